The third-order valence-electron chi connectivity index (χ3n) is 5.18. The number of para-hydroxylation sites is 1. The molecule has 148 valence electrons. The molecule has 0 bridgehead atoms. The Morgan fingerprint density at radius 3 is 2.61 bits per heavy atom. The highest BCUT2D eigenvalue weighted by atomic mass is 32.2. The van der Waals surface area contributed by atoms with E-state index in [0.29, 0.717) is 16.2 Å². The Morgan fingerprint density at radius 1 is 1.18 bits per heavy atom. The van der Waals surface area contributed by atoms with Crippen LogP contribution in [-0.4, -0.2) is 44.5 Å². The fraction of sp³-hybridized carbons (Fsp3) is 0.476. The summed E-state index contributed by atoms with van der Waals surface area (Å²) in [7, 11) is 0. The molecule has 0 spiro atoms. The molecule has 2 aromatic rings. The van der Waals surface area contributed by atoms with Gasteiger partial charge in [-0.2, -0.15) is 0 Å². The first kappa shape index (κ1) is 19.6. The summed E-state index contributed by atoms with van der Waals surface area (Å²) < 4.78 is 1.67. The van der Waals surface area contributed by atoms with Crippen LogP contribution in [0.5, 0.6) is 0 Å². The Bertz CT molecular complexity index is 906. The Kier molecular flexibility index (Phi) is 6.11. The number of likely N-dealkylation sites (tertiary alicyclic amines) is 1. The zero-order chi connectivity index (χ0) is 19.5. The highest BCUT2D eigenvalue weighted by molar-refractivity contribution is 8.00. The molecule has 1 saturated heterocycles. The van der Waals surface area contributed by atoms with Crippen molar-refractivity contribution in [1.29, 1.82) is 0 Å². The van der Waals surface area contributed by atoms with Gasteiger partial charge in [0, 0.05) is 24.8 Å². The molecule has 0 unspecified atom stereocenters. The van der Waals surface area contributed by atoms with Crippen molar-refractivity contribution in [2.24, 2.45) is 0 Å². The quantitative estimate of drug-likeness (QED) is 0.562. The highest BCUT2D eigenvalue weighted by Gasteiger charge is 2.27. The van der Waals surface area contributed by atoms with Crippen LogP contribution in [0.3, 0.4) is 0 Å². The number of nitrogens with zero attached hydrogens (tertiary/aromatic N) is 3. The Hall–Kier alpha value is -1.73. The van der Waals surface area contributed by atoms with Crippen molar-refractivity contribution in [3.05, 3.63) is 46.4 Å². The van der Waals surface area contributed by atoms with Gasteiger partial charge in [0.1, 0.15) is 0 Å². The highest BCUT2D eigenvalue weighted by Crippen LogP contribution is 2.34. The summed E-state index contributed by atoms with van der Waals surface area (Å²) in [6.07, 6.45) is 5.37. The van der Waals surface area contributed by atoms with Gasteiger partial charge in [-0.3, -0.25) is 14.2 Å². The standard InChI is InChI=1S/C21H25N3O2S2/c1-15-13-17-19(28-15)20(26)24(16-9-5-4-6-10-16)21(22-17)27-14-18(25)23-11-7-2-3-8-12-23/h4-6,9-10,15H,2-3,7-8,11-14H2,1H3/t15-/m1/s1. The van der Waals surface area contributed by atoms with E-state index < -0.39 is 0 Å². The molecule has 0 radical (unpaired) electrons. The first-order valence-electron chi connectivity index (χ1n) is 9.92. The lowest BCUT2D eigenvalue weighted by molar-refractivity contribution is -0.128. The SMILES string of the molecule is C[C@@H]1Cc2nc(SCC(=O)N3CCCCCC3)n(-c3ccccc3)c(=O)c2S1. The minimum Gasteiger partial charge on any atom is -0.342 e. The molecule has 0 N–H and O–H groups in total. The smallest absolute Gasteiger partial charge is 0.272 e. The second-order valence-electron chi connectivity index (χ2n) is 7.36. The number of hydrogen-bond acceptors (Lipinski definition) is 5. The molecule has 4 rings (SSSR count). The van der Waals surface area contributed by atoms with Gasteiger partial charge in [0.2, 0.25) is 5.91 Å². The van der Waals surface area contributed by atoms with Gasteiger partial charge in [-0.05, 0) is 25.0 Å². The number of benzene rings is 1. The van der Waals surface area contributed by atoms with Gasteiger partial charge in [-0.1, -0.05) is 49.7 Å². The first-order chi connectivity index (χ1) is 13.6. The van der Waals surface area contributed by atoms with E-state index in [1.807, 2.05) is 35.2 Å². The molecule has 2 aliphatic rings. The number of fused-ring (bicyclic) bond motifs is 1. The molecule has 1 atom stereocenters. The minimum absolute atomic E-state index is 0.0183. The average Bonchev–Trinajstić information content (AvgIpc) is 2.90. The van der Waals surface area contributed by atoms with Crippen LogP contribution in [0.15, 0.2) is 45.2 Å². The van der Waals surface area contributed by atoms with Crippen molar-refractivity contribution in [3.63, 3.8) is 0 Å². The van der Waals surface area contributed by atoms with E-state index in [1.54, 1.807) is 16.3 Å². The third-order valence-corrected chi connectivity index (χ3v) is 7.32. The van der Waals surface area contributed by atoms with Crippen LogP contribution in [-0.2, 0) is 11.2 Å². The molecular formula is C21H25N3O2S2. The van der Waals surface area contributed by atoms with Gasteiger partial charge in [0.15, 0.2) is 5.16 Å². The Balaban J connectivity index is 1.62. The molecule has 1 fully saturated rings. The molecule has 1 aromatic heterocycles. The molecule has 0 aliphatic carbocycles. The van der Waals surface area contributed by atoms with E-state index in [2.05, 4.69) is 6.92 Å². The maximum atomic E-state index is 13.2. The van der Waals surface area contributed by atoms with E-state index in [0.717, 1.165) is 48.6 Å². The summed E-state index contributed by atoms with van der Waals surface area (Å²) in [6, 6.07) is 9.60. The van der Waals surface area contributed by atoms with Crippen LogP contribution in [0.4, 0.5) is 0 Å². The fourth-order valence-electron chi connectivity index (χ4n) is 3.74. The molecule has 3 heterocycles. The summed E-state index contributed by atoms with van der Waals surface area (Å²) in [5.74, 6) is 0.463. The number of hydrogen-bond donors (Lipinski definition) is 0. The monoisotopic (exact) mass is 415 g/mol. The van der Waals surface area contributed by atoms with Gasteiger partial charge in [0.05, 0.1) is 22.0 Å². The fourth-order valence-corrected chi connectivity index (χ4v) is 5.77. The van der Waals surface area contributed by atoms with Crippen LogP contribution in [0.25, 0.3) is 5.69 Å². The summed E-state index contributed by atoms with van der Waals surface area (Å²) in [5.41, 5.74) is 1.65. The maximum absolute atomic E-state index is 13.2. The molecule has 7 heteroatoms. The summed E-state index contributed by atoms with van der Waals surface area (Å²) in [6.45, 7) is 3.81. The van der Waals surface area contributed by atoms with E-state index in [1.165, 1.54) is 24.6 Å². The summed E-state index contributed by atoms with van der Waals surface area (Å²) in [5, 5.41) is 0.978. The molecule has 1 aromatic carbocycles. The number of rotatable bonds is 4. The Morgan fingerprint density at radius 2 is 1.89 bits per heavy atom. The first-order valence-corrected chi connectivity index (χ1v) is 11.8. The van der Waals surface area contributed by atoms with Crippen molar-refractivity contribution >= 4 is 29.4 Å². The van der Waals surface area contributed by atoms with Crippen LogP contribution < -0.4 is 5.56 Å². The lowest BCUT2D eigenvalue weighted by Gasteiger charge is -2.20. The molecular weight excluding hydrogens is 390 g/mol. The lowest BCUT2D eigenvalue weighted by Crippen LogP contribution is -2.33. The number of aromatic nitrogens is 2. The predicted molar refractivity (Wildman–Crippen MR) is 115 cm³/mol. The Labute approximate surface area is 173 Å². The van der Waals surface area contributed by atoms with E-state index in [-0.39, 0.29) is 11.5 Å². The van der Waals surface area contributed by atoms with Crippen molar-refractivity contribution in [3.8, 4) is 5.69 Å². The normalized spacial score (nSPS) is 19.3. The zero-order valence-electron chi connectivity index (χ0n) is 16.1. The van der Waals surface area contributed by atoms with Crippen molar-refractivity contribution < 1.29 is 4.79 Å². The van der Waals surface area contributed by atoms with Crippen molar-refractivity contribution in [2.45, 2.75) is 54.3 Å². The van der Waals surface area contributed by atoms with Gasteiger partial charge in [0.25, 0.3) is 5.56 Å². The molecule has 2 aliphatic heterocycles. The predicted octanol–water partition coefficient (Wildman–Crippen LogP) is 3.76. The average molecular weight is 416 g/mol. The van der Waals surface area contributed by atoms with Gasteiger partial charge < -0.3 is 4.90 Å². The zero-order valence-corrected chi connectivity index (χ0v) is 17.7. The number of carbonyl (C=O) groups is 1. The van der Waals surface area contributed by atoms with Gasteiger partial charge in [-0.15, -0.1) is 11.8 Å². The van der Waals surface area contributed by atoms with Gasteiger partial charge >= 0.3 is 0 Å². The van der Waals surface area contributed by atoms with E-state index in [9.17, 15) is 9.59 Å². The topological polar surface area (TPSA) is 55.2 Å². The van der Waals surface area contributed by atoms with Crippen LogP contribution >= 0.6 is 23.5 Å². The molecule has 1 amide bonds. The van der Waals surface area contributed by atoms with E-state index >= 15 is 0 Å². The number of carbonyl (C=O) groups excluding carboxylic acids is 1. The van der Waals surface area contributed by atoms with Crippen LogP contribution in [0.2, 0.25) is 0 Å². The minimum atomic E-state index is -0.0183. The second kappa shape index (κ2) is 8.74. The summed E-state index contributed by atoms with van der Waals surface area (Å²) >= 11 is 2.99. The van der Waals surface area contributed by atoms with Crippen LogP contribution in [0, 0.1) is 0 Å². The number of thioether (sulfide) groups is 2. The van der Waals surface area contributed by atoms with Crippen LogP contribution in [0.1, 0.15) is 38.3 Å². The van der Waals surface area contributed by atoms with Crippen molar-refractivity contribution in [1.82, 2.24) is 14.5 Å². The largest absolute Gasteiger partial charge is 0.342 e. The van der Waals surface area contributed by atoms with E-state index in [4.69, 9.17) is 4.98 Å². The summed E-state index contributed by atoms with van der Waals surface area (Å²) in [4.78, 5) is 33.5. The second-order valence-corrected chi connectivity index (χ2v) is 9.75. The number of amides is 1. The van der Waals surface area contributed by atoms with Crippen molar-refractivity contribution in [2.75, 3.05) is 18.8 Å². The third kappa shape index (κ3) is 4.15. The van der Waals surface area contributed by atoms with Gasteiger partial charge in [-0.25, -0.2) is 4.98 Å². The molecule has 5 nitrogen and oxygen atoms in total. The molecule has 0 saturated carbocycles. The maximum Gasteiger partial charge on any atom is 0.272 e. The molecule has 28 heavy (non-hydrogen) atoms. The lowest BCUT2D eigenvalue weighted by atomic mass is 10.2.